The Morgan fingerprint density at radius 3 is 2.23 bits per heavy atom. The van der Waals surface area contributed by atoms with Crippen LogP contribution < -0.4 is 4.74 Å². The Balaban J connectivity index is 3.13. The lowest BCUT2D eigenvalue weighted by Gasteiger charge is -2.21. The number of rotatable bonds is 4. The van der Waals surface area contributed by atoms with Gasteiger partial charge in [-0.1, -0.05) is 6.07 Å². The van der Waals surface area contributed by atoms with Gasteiger partial charge < -0.3 is 14.6 Å². The van der Waals surface area contributed by atoms with Crippen LogP contribution in [0.15, 0.2) is 18.2 Å². The standard InChI is InChI=1S/C18H26O4/c1-12-10-13(18(5,6)20)11-15(21-7)14(12)8-9-16(19)22-17(2,3)4/h8-11,20H,1-7H3/b9-8+. The number of esters is 1. The molecule has 0 fully saturated rings. The molecule has 0 aliphatic heterocycles. The highest BCUT2D eigenvalue weighted by Crippen LogP contribution is 2.31. The molecule has 1 aromatic rings. The predicted molar refractivity (Wildman–Crippen MR) is 87.9 cm³/mol. The highest BCUT2D eigenvalue weighted by molar-refractivity contribution is 5.88. The first-order valence-electron chi connectivity index (χ1n) is 7.26. The van der Waals surface area contributed by atoms with Gasteiger partial charge in [0.2, 0.25) is 0 Å². The number of carbonyl (C=O) groups is 1. The molecular formula is C18H26O4. The fourth-order valence-electron chi connectivity index (χ4n) is 1.99. The van der Waals surface area contributed by atoms with Crippen LogP contribution in [-0.4, -0.2) is 23.8 Å². The van der Waals surface area contributed by atoms with E-state index in [9.17, 15) is 9.90 Å². The van der Waals surface area contributed by atoms with E-state index in [-0.39, 0.29) is 0 Å². The zero-order valence-electron chi connectivity index (χ0n) is 14.5. The molecule has 0 aromatic heterocycles. The van der Waals surface area contributed by atoms with Crippen molar-refractivity contribution in [2.45, 2.75) is 52.7 Å². The van der Waals surface area contributed by atoms with Gasteiger partial charge in [0.15, 0.2) is 0 Å². The minimum absolute atomic E-state index is 0.402. The van der Waals surface area contributed by atoms with Crippen molar-refractivity contribution >= 4 is 12.0 Å². The molecule has 0 aliphatic carbocycles. The van der Waals surface area contributed by atoms with Crippen molar-refractivity contribution in [3.8, 4) is 5.75 Å². The highest BCUT2D eigenvalue weighted by Gasteiger charge is 2.19. The lowest BCUT2D eigenvalue weighted by Crippen LogP contribution is -2.22. The number of ether oxygens (including phenoxy) is 2. The minimum atomic E-state index is -0.953. The van der Waals surface area contributed by atoms with E-state index in [0.717, 1.165) is 16.7 Å². The summed E-state index contributed by atoms with van der Waals surface area (Å²) < 4.78 is 10.6. The summed E-state index contributed by atoms with van der Waals surface area (Å²) in [4.78, 5) is 11.8. The van der Waals surface area contributed by atoms with Crippen molar-refractivity contribution in [1.29, 1.82) is 0 Å². The van der Waals surface area contributed by atoms with Crippen LogP contribution in [0.25, 0.3) is 6.08 Å². The second kappa shape index (κ2) is 6.53. The van der Waals surface area contributed by atoms with Crippen LogP contribution in [-0.2, 0) is 15.1 Å². The van der Waals surface area contributed by atoms with Crippen LogP contribution in [0.4, 0.5) is 0 Å². The molecule has 0 aliphatic rings. The summed E-state index contributed by atoms with van der Waals surface area (Å²) in [7, 11) is 1.56. The summed E-state index contributed by atoms with van der Waals surface area (Å²) in [6.07, 6.45) is 3.07. The fourth-order valence-corrected chi connectivity index (χ4v) is 1.99. The first kappa shape index (κ1) is 18.2. The first-order chi connectivity index (χ1) is 9.94. The quantitative estimate of drug-likeness (QED) is 0.682. The third kappa shape index (κ3) is 5.19. The fraction of sp³-hybridized carbons (Fsp3) is 0.500. The van der Waals surface area contributed by atoms with Gasteiger partial charge in [0.05, 0.1) is 12.7 Å². The summed E-state index contributed by atoms with van der Waals surface area (Å²) in [6.45, 7) is 10.8. The molecule has 4 nitrogen and oxygen atoms in total. The van der Waals surface area contributed by atoms with Gasteiger partial charge in [0.25, 0.3) is 0 Å². The van der Waals surface area contributed by atoms with E-state index in [1.807, 2.05) is 33.8 Å². The van der Waals surface area contributed by atoms with Gasteiger partial charge in [-0.3, -0.25) is 0 Å². The minimum Gasteiger partial charge on any atom is -0.496 e. The SMILES string of the molecule is COc1cc(C(C)(C)O)cc(C)c1/C=C/C(=O)OC(C)(C)C. The molecule has 0 saturated carbocycles. The van der Waals surface area contributed by atoms with Crippen molar-refractivity contribution in [2.75, 3.05) is 7.11 Å². The molecule has 1 aromatic carbocycles. The molecule has 1 rings (SSSR count). The molecule has 0 spiro atoms. The normalized spacial score (nSPS) is 12.5. The van der Waals surface area contributed by atoms with Crippen LogP contribution in [0.2, 0.25) is 0 Å². The maximum Gasteiger partial charge on any atom is 0.331 e. The van der Waals surface area contributed by atoms with E-state index in [0.29, 0.717) is 5.75 Å². The van der Waals surface area contributed by atoms with Crippen molar-refractivity contribution in [3.05, 3.63) is 34.9 Å². The molecule has 22 heavy (non-hydrogen) atoms. The van der Waals surface area contributed by atoms with Gasteiger partial charge in [-0.2, -0.15) is 0 Å². The van der Waals surface area contributed by atoms with Crippen LogP contribution in [0.5, 0.6) is 5.75 Å². The van der Waals surface area contributed by atoms with Gasteiger partial charge in [0.1, 0.15) is 11.4 Å². The van der Waals surface area contributed by atoms with Crippen molar-refractivity contribution < 1.29 is 19.4 Å². The average molecular weight is 306 g/mol. The molecule has 0 atom stereocenters. The summed E-state index contributed by atoms with van der Waals surface area (Å²) >= 11 is 0. The zero-order valence-corrected chi connectivity index (χ0v) is 14.5. The Morgan fingerprint density at radius 1 is 1.18 bits per heavy atom. The predicted octanol–water partition coefficient (Wildman–Crippen LogP) is 3.59. The average Bonchev–Trinajstić information content (AvgIpc) is 2.33. The summed E-state index contributed by atoms with van der Waals surface area (Å²) in [5.41, 5.74) is 0.991. The molecule has 0 amide bonds. The number of aliphatic hydroxyl groups is 1. The number of carbonyl (C=O) groups excluding carboxylic acids is 1. The van der Waals surface area contributed by atoms with Gasteiger partial charge in [-0.05, 0) is 64.8 Å². The maximum absolute atomic E-state index is 11.8. The van der Waals surface area contributed by atoms with E-state index in [2.05, 4.69) is 0 Å². The topological polar surface area (TPSA) is 55.8 Å². The lowest BCUT2D eigenvalue weighted by molar-refractivity contribution is -0.148. The smallest absolute Gasteiger partial charge is 0.331 e. The van der Waals surface area contributed by atoms with Crippen molar-refractivity contribution in [1.82, 2.24) is 0 Å². The number of methoxy groups -OCH3 is 1. The Hall–Kier alpha value is -1.81. The molecule has 4 heteroatoms. The Kier molecular flexibility index (Phi) is 5.41. The van der Waals surface area contributed by atoms with Gasteiger partial charge >= 0.3 is 5.97 Å². The van der Waals surface area contributed by atoms with E-state index in [4.69, 9.17) is 9.47 Å². The molecule has 0 radical (unpaired) electrons. The van der Waals surface area contributed by atoms with Gasteiger partial charge in [0, 0.05) is 11.6 Å². The maximum atomic E-state index is 11.8. The molecule has 1 N–H and O–H groups in total. The second-order valence-electron chi connectivity index (χ2n) is 6.83. The zero-order chi connectivity index (χ0) is 17.1. The van der Waals surface area contributed by atoms with E-state index in [1.165, 1.54) is 6.08 Å². The van der Waals surface area contributed by atoms with E-state index in [1.54, 1.807) is 33.1 Å². The van der Waals surface area contributed by atoms with Crippen LogP contribution in [0.1, 0.15) is 51.3 Å². The number of benzene rings is 1. The van der Waals surface area contributed by atoms with Gasteiger partial charge in [-0.25, -0.2) is 4.79 Å². The van der Waals surface area contributed by atoms with Crippen LogP contribution in [0, 0.1) is 6.92 Å². The van der Waals surface area contributed by atoms with Crippen molar-refractivity contribution in [2.24, 2.45) is 0 Å². The van der Waals surface area contributed by atoms with Crippen molar-refractivity contribution in [3.63, 3.8) is 0 Å². The second-order valence-corrected chi connectivity index (χ2v) is 6.83. The summed E-state index contributed by atoms with van der Waals surface area (Å²) in [5.74, 6) is 0.206. The Labute approximate surface area is 132 Å². The summed E-state index contributed by atoms with van der Waals surface area (Å²) in [6, 6.07) is 3.67. The molecule has 0 heterocycles. The summed E-state index contributed by atoms with van der Waals surface area (Å²) in [5, 5.41) is 10.1. The Morgan fingerprint density at radius 2 is 1.77 bits per heavy atom. The number of hydrogen-bond acceptors (Lipinski definition) is 4. The monoisotopic (exact) mass is 306 g/mol. The molecule has 0 unspecified atom stereocenters. The Bertz CT molecular complexity index is 572. The van der Waals surface area contributed by atoms with Crippen LogP contribution in [0.3, 0.4) is 0 Å². The molecular weight excluding hydrogens is 280 g/mol. The highest BCUT2D eigenvalue weighted by atomic mass is 16.6. The number of hydrogen-bond donors (Lipinski definition) is 1. The third-order valence-corrected chi connectivity index (χ3v) is 3.07. The van der Waals surface area contributed by atoms with E-state index < -0.39 is 17.2 Å². The molecule has 0 saturated heterocycles. The first-order valence-corrected chi connectivity index (χ1v) is 7.26. The number of aryl methyl sites for hydroxylation is 1. The van der Waals surface area contributed by atoms with Gasteiger partial charge in [-0.15, -0.1) is 0 Å². The van der Waals surface area contributed by atoms with E-state index >= 15 is 0 Å². The largest absolute Gasteiger partial charge is 0.496 e. The van der Waals surface area contributed by atoms with Crippen LogP contribution >= 0.6 is 0 Å². The lowest BCUT2D eigenvalue weighted by atomic mass is 9.93. The molecule has 122 valence electrons. The molecule has 0 bridgehead atoms. The third-order valence-electron chi connectivity index (χ3n) is 3.07.